The fourth-order valence-corrected chi connectivity index (χ4v) is 2.54. The van der Waals surface area contributed by atoms with Crippen molar-refractivity contribution in [3.63, 3.8) is 0 Å². The summed E-state index contributed by atoms with van der Waals surface area (Å²) >= 11 is 0. The summed E-state index contributed by atoms with van der Waals surface area (Å²) in [7, 11) is 0. The van der Waals surface area contributed by atoms with E-state index < -0.39 is 0 Å². The second-order valence-electron chi connectivity index (χ2n) is 5.15. The number of rotatable bonds is 7. The highest BCUT2D eigenvalue weighted by Gasteiger charge is 2.19. The molecule has 4 nitrogen and oxygen atoms in total. The summed E-state index contributed by atoms with van der Waals surface area (Å²) in [5.41, 5.74) is 5.95. The van der Waals surface area contributed by atoms with Crippen molar-refractivity contribution in [1.82, 2.24) is 0 Å². The molecule has 1 aliphatic rings. The Morgan fingerprint density at radius 1 is 1.10 bits per heavy atom. The van der Waals surface area contributed by atoms with Crippen molar-refractivity contribution in [2.45, 2.75) is 44.8 Å². The summed E-state index contributed by atoms with van der Waals surface area (Å²) in [6, 6.07) is 8.02. The van der Waals surface area contributed by atoms with Gasteiger partial charge in [0.2, 0.25) is 0 Å². The Morgan fingerprint density at radius 3 is 2.55 bits per heavy atom. The van der Waals surface area contributed by atoms with Crippen molar-refractivity contribution in [2.24, 2.45) is 5.73 Å². The third kappa shape index (κ3) is 4.69. The van der Waals surface area contributed by atoms with Crippen LogP contribution in [0.1, 0.15) is 32.6 Å². The molecule has 1 aliphatic carbocycles. The molecule has 2 unspecified atom stereocenters. The van der Waals surface area contributed by atoms with Gasteiger partial charge in [0.25, 0.3) is 0 Å². The molecule has 0 aromatic heterocycles. The highest BCUT2D eigenvalue weighted by atomic mass is 16.5. The second kappa shape index (κ2) is 8.12. The van der Waals surface area contributed by atoms with Crippen LogP contribution in [-0.4, -0.2) is 32.0 Å². The molecule has 112 valence electrons. The maximum atomic E-state index is 5.95. The smallest absolute Gasteiger partial charge is 0.161 e. The molecule has 0 spiro atoms. The van der Waals surface area contributed by atoms with Gasteiger partial charge >= 0.3 is 0 Å². The summed E-state index contributed by atoms with van der Waals surface area (Å²) in [6.07, 6.45) is 4.67. The van der Waals surface area contributed by atoms with Crippen LogP contribution < -0.4 is 15.2 Å². The predicted octanol–water partition coefficient (Wildman–Crippen LogP) is 2.75. The number of para-hydroxylation sites is 2. The molecule has 0 saturated heterocycles. The Balaban J connectivity index is 1.70. The van der Waals surface area contributed by atoms with Gasteiger partial charge in [0.1, 0.15) is 6.61 Å². The lowest BCUT2D eigenvalue weighted by molar-refractivity contribution is 0.00846. The van der Waals surface area contributed by atoms with Crippen LogP contribution in [0.3, 0.4) is 0 Å². The van der Waals surface area contributed by atoms with E-state index in [1.54, 1.807) is 0 Å². The Morgan fingerprint density at radius 2 is 1.85 bits per heavy atom. The molecular formula is C16H25NO3. The van der Waals surface area contributed by atoms with Crippen LogP contribution in [0.5, 0.6) is 11.5 Å². The lowest BCUT2D eigenvalue weighted by atomic mass is 9.94. The summed E-state index contributed by atoms with van der Waals surface area (Å²) < 4.78 is 17.1. The number of hydrogen-bond donors (Lipinski definition) is 1. The molecule has 2 atom stereocenters. The lowest BCUT2D eigenvalue weighted by Gasteiger charge is -2.26. The average molecular weight is 279 g/mol. The maximum Gasteiger partial charge on any atom is 0.161 e. The predicted molar refractivity (Wildman–Crippen MR) is 79.3 cm³/mol. The van der Waals surface area contributed by atoms with E-state index in [0.717, 1.165) is 30.8 Å². The number of benzene rings is 1. The Kier molecular flexibility index (Phi) is 6.15. The minimum absolute atomic E-state index is 0.296. The molecule has 1 aromatic carbocycles. The Labute approximate surface area is 121 Å². The van der Waals surface area contributed by atoms with Gasteiger partial charge in [0, 0.05) is 6.04 Å². The Bertz CT molecular complexity index is 397. The number of ether oxygens (including phenoxy) is 3. The van der Waals surface area contributed by atoms with Crippen LogP contribution in [0.15, 0.2) is 24.3 Å². The molecule has 0 aliphatic heterocycles. The van der Waals surface area contributed by atoms with Gasteiger partial charge < -0.3 is 19.9 Å². The van der Waals surface area contributed by atoms with Gasteiger partial charge in [-0.15, -0.1) is 0 Å². The van der Waals surface area contributed by atoms with Gasteiger partial charge in [-0.1, -0.05) is 12.1 Å². The molecule has 20 heavy (non-hydrogen) atoms. The first-order valence-corrected chi connectivity index (χ1v) is 7.51. The minimum atomic E-state index is 0.296. The Hall–Kier alpha value is -1.26. The SMILES string of the molecule is CCOc1ccccc1OCCOC1CCCC(N)C1. The molecule has 4 heteroatoms. The molecule has 0 amide bonds. The van der Waals surface area contributed by atoms with E-state index in [9.17, 15) is 0 Å². The molecule has 2 rings (SSSR count). The third-order valence-corrected chi connectivity index (χ3v) is 3.51. The fourth-order valence-electron chi connectivity index (χ4n) is 2.54. The number of nitrogens with two attached hydrogens (primary N) is 1. The van der Waals surface area contributed by atoms with Crippen LogP contribution in [-0.2, 0) is 4.74 Å². The van der Waals surface area contributed by atoms with Crippen molar-refractivity contribution >= 4 is 0 Å². The highest BCUT2D eigenvalue weighted by Crippen LogP contribution is 2.26. The molecule has 0 heterocycles. The normalized spacial score (nSPS) is 22.5. The third-order valence-electron chi connectivity index (χ3n) is 3.51. The zero-order chi connectivity index (χ0) is 14.2. The van der Waals surface area contributed by atoms with E-state index in [4.69, 9.17) is 19.9 Å². The van der Waals surface area contributed by atoms with Gasteiger partial charge in [-0.25, -0.2) is 0 Å². The molecule has 2 N–H and O–H groups in total. The van der Waals surface area contributed by atoms with Gasteiger partial charge in [0.05, 0.1) is 19.3 Å². The van der Waals surface area contributed by atoms with Gasteiger partial charge in [0.15, 0.2) is 11.5 Å². The van der Waals surface area contributed by atoms with Crippen LogP contribution in [0, 0.1) is 0 Å². The zero-order valence-electron chi connectivity index (χ0n) is 12.2. The first-order chi connectivity index (χ1) is 9.79. The summed E-state index contributed by atoms with van der Waals surface area (Å²) in [5.74, 6) is 1.56. The molecule has 0 bridgehead atoms. The standard InChI is InChI=1S/C16H25NO3/c1-2-18-15-8-3-4-9-16(15)20-11-10-19-14-7-5-6-13(17)12-14/h3-4,8-9,13-14H,2,5-7,10-12,17H2,1H3. The first kappa shape index (κ1) is 15.1. The van der Waals surface area contributed by atoms with E-state index in [-0.39, 0.29) is 0 Å². The second-order valence-corrected chi connectivity index (χ2v) is 5.15. The summed E-state index contributed by atoms with van der Waals surface area (Å²) in [5, 5.41) is 0. The van der Waals surface area contributed by atoms with E-state index >= 15 is 0 Å². The van der Waals surface area contributed by atoms with Crippen LogP contribution in [0.4, 0.5) is 0 Å². The summed E-state index contributed by atoms with van der Waals surface area (Å²) in [6.45, 7) is 3.73. The van der Waals surface area contributed by atoms with Crippen molar-refractivity contribution in [3.8, 4) is 11.5 Å². The minimum Gasteiger partial charge on any atom is -0.490 e. The molecule has 0 radical (unpaired) electrons. The van der Waals surface area contributed by atoms with E-state index in [0.29, 0.717) is 32.0 Å². The quantitative estimate of drug-likeness (QED) is 0.780. The average Bonchev–Trinajstić information content (AvgIpc) is 2.46. The van der Waals surface area contributed by atoms with Gasteiger partial charge in [-0.3, -0.25) is 0 Å². The van der Waals surface area contributed by atoms with Gasteiger partial charge in [-0.05, 0) is 44.7 Å². The first-order valence-electron chi connectivity index (χ1n) is 7.51. The van der Waals surface area contributed by atoms with Crippen molar-refractivity contribution in [3.05, 3.63) is 24.3 Å². The van der Waals surface area contributed by atoms with Gasteiger partial charge in [-0.2, -0.15) is 0 Å². The molecule has 1 saturated carbocycles. The van der Waals surface area contributed by atoms with Crippen LogP contribution in [0.25, 0.3) is 0 Å². The van der Waals surface area contributed by atoms with E-state index in [2.05, 4.69) is 0 Å². The largest absolute Gasteiger partial charge is 0.490 e. The summed E-state index contributed by atoms with van der Waals surface area (Å²) in [4.78, 5) is 0. The molecule has 1 fully saturated rings. The molecule has 1 aromatic rings. The lowest BCUT2D eigenvalue weighted by Crippen LogP contribution is -2.32. The van der Waals surface area contributed by atoms with Crippen molar-refractivity contribution < 1.29 is 14.2 Å². The maximum absolute atomic E-state index is 5.95. The highest BCUT2D eigenvalue weighted by molar-refractivity contribution is 5.39. The monoisotopic (exact) mass is 279 g/mol. The van der Waals surface area contributed by atoms with Crippen LogP contribution in [0.2, 0.25) is 0 Å². The zero-order valence-corrected chi connectivity index (χ0v) is 12.2. The molecular weight excluding hydrogens is 254 g/mol. The van der Waals surface area contributed by atoms with Crippen LogP contribution >= 0.6 is 0 Å². The number of hydrogen-bond acceptors (Lipinski definition) is 4. The van der Waals surface area contributed by atoms with Crippen molar-refractivity contribution in [2.75, 3.05) is 19.8 Å². The van der Waals surface area contributed by atoms with Crippen molar-refractivity contribution in [1.29, 1.82) is 0 Å². The fraction of sp³-hybridized carbons (Fsp3) is 0.625. The van der Waals surface area contributed by atoms with E-state index in [1.165, 1.54) is 6.42 Å². The topological polar surface area (TPSA) is 53.7 Å². The van der Waals surface area contributed by atoms with E-state index in [1.807, 2.05) is 31.2 Å².